The Morgan fingerprint density at radius 1 is 1.42 bits per heavy atom. The molecular formula is C13H11BrN2O3. The molecule has 0 aliphatic carbocycles. The molecule has 0 radical (unpaired) electrons. The molecule has 0 unspecified atom stereocenters. The molecule has 2 rings (SSSR count). The lowest BCUT2D eigenvalue weighted by Crippen LogP contribution is -2.07. The standard InChI is InChI=1S/C13H11BrN2O3/c1-19-10-5-3-2-4-8(10)6-11-15-7-9(14)12(16-11)13(17)18/h2-5,7H,6H2,1H3,(H,17,18). The summed E-state index contributed by atoms with van der Waals surface area (Å²) in [5.74, 6) is 0.0755. The number of nitrogens with zero attached hydrogens (tertiary/aromatic N) is 2. The lowest BCUT2D eigenvalue weighted by atomic mass is 10.1. The number of para-hydroxylation sites is 1. The number of rotatable bonds is 4. The highest BCUT2D eigenvalue weighted by Gasteiger charge is 2.13. The van der Waals surface area contributed by atoms with Crippen LogP contribution >= 0.6 is 15.9 Å². The van der Waals surface area contributed by atoms with E-state index in [0.29, 0.717) is 16.7 Å². The van der Waals surface area contributed by atoms with Gasteiger partial charge in [-0.15, -0.1) is 0 Å². The zero-order valence-electron chi connectivity index (χ0n) is 10.1. The Morgan fingerprint density at radius 3 is 2.84 bits per heavy atom. The highest BCUT2D eigenvalue weighted by atomic mass is 79.9. The first-order chi connectivity index (χ1) is 9.11. The van der Waals surface area contributed by atoms with Gasteiger partial charge in [-0.2, -0.15) is 0 Å². The third kappa shape index (κ3) is 3.08. The van der Waals surface area contributed by atoms with Crippen molar-refractivity contribution in [2.45, 2.75) is 6.42 Å². The Labute approximate surface area is 118 Å². The van der Waals surface area contributed by atoms with Crippen LogP contribution in [-0.4, -0.2) is 28.2 Å². The van der Waals surface area contributed by atoms with E-state index >= 15 is 0 Å². The molecule has 5 nitrogen and oxygen atoms in total. The van der Waals surface area contributed by atoms with Gasteiger partial charge in [0.05, 0.1) is 11.6 Å². The first kappa shape index (κ1) is 13.5. The maximum absolute atomic E-state index is 11.0. The number of aromatic carboxylic acids is 1. The van der Waals surface area contributed by atoms with Gasteiger partial charge in [-0.05, 0) is 22.0 Å². The van der Waals surface area contributed by atoms with Crippen molar-refractivity contribution in [2.24, 2.45) is 0 Å². The highest BCUT2D eigenvalue weighted by Crippen LogP contribution is 2.20. The molecule has 0 saturated heterocycles. The summed E-state index contributed by atoms with van der Waals surface area (Å²) < 4.78 is 5.60. The van der Waals surface area contributed by atoms with Gasteiger partial charge < -0.3 is 9.84 Å². The number of carboxylic acid groups (broad SMARTS) is 1. The summed E-state index contributed by atoms with van der Waals surface area (Å²) >= 11 is 3.11. The first-order valence-corrected chi connectivity index (χ1v) is 6.27. The Bertz CT molecular complexity index is 617. The Morgan fingerprint density at radius 2 is 2.16 bits per heavy atom. The molecule has 0 atom stereocenters. The summed E-state index contributed by atoms with van der Waals surface area (Å²) in [5.41, 5.74) is 0.864. The van der Waals surface area contributed by atoms with Gasteiger partial charge in [-0.25, -0.2) is 14.8 Å². The molecule has 0 amide bonds. The second-order valence-corrected chi connectivity index (χ2v) is 4.63. The van der Waals surface area contributed by atoms with Crippen molar-refractivity contribution in [3.05, 3.63) is 52.0 Å². The second-order valence-electron chi connectivity index (χ2n) is 3.78. The van der Waals surface area contributed by atoms with Gasteiger partial charge in [0, 0.05) is 18.2 Å². The summed E-state index contributed by atoms with van der Waals surface area (Å²) in [5, 5.41) is 9.01. The smallest absolute Gasteiger partial charge is 0.355 e. The fourth-order valence-electron chi connectivity index (χ4n) is 1.66. The van der Waals surface area contributed by atoms with Crippen LogP contribution in [0.1, 0.15) is 21.9 Å². The van der Waals surface area contributed by atoms with Crippen LogP contribution in [0.3, 0.4) is 0 Å². The molecule has 19 heavy (non-hydrogen) atoms. The number of ether oxygens (including phenoxy) is 1. The molecule has 0 bridgehead atoms. The number of halogens is 1. The minimum atomic E-state index is -1.09. The van der Waals surface area contributed by atoms with Crippen LogP contribution in [0.2, 0.25) is 0 Å². The predicted molar refractivity (Wildman–Crippen MR) is 72.5 cm³/mol. The predicted octanol–water partition coefficient (Wildman–Crippen LogP) is 2.54. The number of methoxy groups -OCH3 is 1. The van der Waals surface area contributed by atoms with Crippen LogP contribution in [0, 0.1) is 0 Å². The minimum absolute atomic E-state index is 0.0418. The van der Waals surface area contributed by atoms with Gasteiger partial charge in [0.25, 0.3) is 0 Å². The molecule has 98 valence electrons. The third-order valence-corrected chi connectivity index (χ3v) is 3.12. The maximum Gasteiger partial charge on any atom is 0.355 e. The van der Waals surface area contributed by atoms with Crippen molar-refractivity contribution in [1.82, 2.24) is 9.97 Å². The summed E-state index contributed by atoms with van der Waals surface area (Å²) in [6, 6.07) is 7.49. The SMILES string of the molecule is COc1ccccc1Cc1ncc(Br)c(C(=O)O)n1. The number of benzene rings is 1. The maximum atomic E-state index is 11.0. The Kier molecular flexibility index (Phi) is 4.11. The zero-order chi connectivity index (χ0) is 13.8. The van der Waals surface area contributed by atoms with Crippen LogP contribution in [0.25, 0.3) is 0 Å². The molecule has 1 N–H and O–H groups in total. The van der Waals surface area contributed by atoms with Gasteiger partial charge in [-0.3, -0.25) is 0 Å². The normalized spacial score (nSPS) is 10.2. The van der Waals surface area contributed by atoms with E-state index in [4.69, 9.17) is 9.84 Å². The Balaban J connectivity index is 2.33. The first-order valence-electron chi connectivity index (χ1n) is 5.48. The summed E-state index contributed by atoms with van der Waals surface area (Å²) in [6.45, 7) is 0. The molecule has 1 heterocycles. The minimum Gasteiger partial charge on any atom is -0.496 e. The lowest BCUT2D eigenvalue weighted by Gasteiger charge is -2.07. The fourth-order valence-corrected chi connectivity index (χ4v) is 2.02. The van der Waals surface area contributed by atoms with Gasteiger partial charge in [0.1, 0.15) is 11.6 Å². The molecular weight excluding hydrogens is 312 g/mol. The van der Waals surface area contributed by atoms with Crippen LogP contribution in [0.15, 0.2) is 34.9 Å². The van der Waals surface area contributed by atoms with E-state index in [1.807, 2.05) is 24.3 Å². The van der Waals surface area contributed by atoms with Crippen molar-refractivity contribution < 1.29 is 14.6 Å². The monoisotopic (exact) mass is 322 g/mol. The van der Waals surface area contributed by atoms with Gasteiger partial charge in [0.2, 0.25) is 0 Å². The van der Waals surface area contributed by atoms with E-state index in [9.17, 15) is 4.79 Å². The molecule has 1 aromatic carbocycles. The quantitative estimate of drug-likeness (QED) is 0.936. The largest absolute Gasteiger partial charge is 0.496 e. The van der Waals surface area contributed by atoms with Crippen molar-refractivity contribution in [2.75, 3.05) is 7.11 Å². The molecule has 0 saturated carbocycles. The van der Waals surface area contributed by atoms with E-state index in [1.165, 1.54) is 6.20 Å². The van der Waals surface area contributed by atoms with Gasteiger partial charge in [-0.1, -0.05) is 18.2 Å². The topological polar surface area (TPSA) is 72.3 Å². The van der Waals surface area contributed by atoms with E-state index in [0.717, 1.165) is 11.3 Å². The van der Waals surface area contributed by atoms with Crippen LogP contribution in [-0.2, 0) is 6.42 Å². The van der Waals surface area contributed by atoms with Crippen molar-refractivity contribution in [3.63, 3.8) is 0 Å². The van der Waals surface area contributed by atoms with Crippen LogP contribution in [0.5, 0.6) is 5.75 Å². The summed E-state index contributed by atoms with van der Waals surface area (Å²) in [4.78, 5) is 19.1. The molecule has 0 aliphatic heterocycles. The van der Waals surface area contributed by atoms with Gasteiger partial charge in [0.15, 0.2) is 5.69 Å². The van der Waals surface area contributed by atoms with Gasteiger partial charge >= 0.3 is 5.97 Å². The van der Waals surface area contributed by atoms with Crippen molar-refractivity contribution in [1.29, 1.82) is 0 Å². The van der Waals surface area contributed by atoms with Crippen molar-refractivity contribution in [3.8, 4) is 5.75 Å². The number of hydrogen-bond acceptors (Lipinski definition) is 4. The summed E-state index contributed by atoms with van der Waals surface area (Å²) in [7, 11) is 1.59. The molecule has 2 aromatic rings. The zero-order valence-corrected chi connectivity index (χ0v) is 11.7. The molecule has 0 spiro atoms. The second kappa shape index (κ2) is 5.79. The van der Waals surface area contributed by atoms with E-state index in [1.54, 1.807) is 7.11 Å². The van der Waals surface area contributed by atoms with Crippen LogP contribution < -0.4 is 4.74 Å². The van der Waals surface area contributed by atoms with E-state index in [2.05, 4.69) is 25.9 Å². The van der Waals surface area contributed by atoms with E-state index in [-0.39, 0.29) is 5.69 Å². The average Bonchev–Trinajstić information content (AvgIpc) is 2.41. The average molecular weight is 323 g/mol. The molecule has 6 heteroatoms. The number of aromatic nitrogens is 2. The number of carbonyl (C=O) groups is 1. The number of hydrogen-bond donors (Lipinski definition) is 1. The summed E-state index contributed by atoms with van der Waals surface area (Å²) in [6.07, 6.45) is 1.86. The van der Waals surface area contributed by atoms with Crippen molar-refractivity contribution >= 4 is 21.9 Å². The van der Waals surface area contributed by atoms with E-state index < -0.39 is 5.97 Å². The lowest BCUT2D eigenvalue weighted by molar-refractivity contribution is 0.0688. The molecule has 0 fully saturated rings. The highest BCUT2D eigenvalue weighted by molar-refractivity contribution is 9.10. The fraction of sp³-hybridized carbons (Fsp3) is 0.154. The molecule has 1 aromatic heterocycles. The third-order valence-electron chi connectivity index (χ3n) is 2.54. The number of carboxylic acids is 1. The van der Waals surface area contributed by atoms with Crippen LogP contribution in [0.4, 0.5) is 0 Å². The Hall–Kier alpha value is -1.95. The molecule has 0 aliphatic rings.